The van der Waals surface area contributed by atoms with Crippen molar-refractivity contribution in [2.75, 3.05) is 6.26 Å². The van der Waals surface area contributed by atoms with E-state index in [4.69, 9.17) is 4.98 Å². The van der Waals surface area contributed by atoms with E-state index < -0.39 is 0 Å². The average molecular weight is 393 g/mol. The Balaban J connectivity index is 2.04. The molecule has 0 unspecified atom stereocenters. The zero-order chi connectivity index (χ0) is 18.8. The molecule has 0 bridgehead atoms. The van der Waals surface area contributed by atoms with Gasteiger partial charge in [0.05, 0.1) is 11.4 Å². The molecule has 136 valence electrons. The Kier molecular flexibility index (Phi) is 5.14. The van der Waals surface area contributed by atoms with Gasteiger partial charge in [-0.05, 0) is 29.9 Å². The molecular weight excluding hydrogens is 372 g/mol. The van der Waals surface area contributed by atoms with Crippen LogP contribution in [0.25, 0.3) is 10.2 Å². The second kappa shape index (κ2) is 7.71. The van der Waals surface area contributed by atoms with Crippen LogP contribution in [0.15, 0.2) is 76.7 Å². The Bertz CT molecular complexity index is 1080. The highest BCUT2D eigenvalue weighted by Crippen LogP contribution is 2.31. The van der Waals surface area contributed by atoms with Crippen LogP contribution in [-0.4, -0.2) is 15.8 Å². The molecule has 0 aliphatic rings. The van der Waals surface area contributed by atoms with Crippen LogP contribution in [-0.2, 0) is 6.42 Å². The topological polar surface area (TPSA) is 34.9 Å². The molecule has 0 spiro atoms. The largest absolute Gasteiger partial charge is 0.275 e. The SMILES string of the molecule is CCc1cc2c(=O)n(C(c3ccccc3)c3ccccc3)c(SC)nc2s1. The summed E-state index contributed by atoms with van der Waals surface area (Å²) in [5, 5.41) is 1.46. The second-order valence-corrected chi connectivity index (χ2v) is 8.17. The first-order chi connectivity index (χ1) is 13.2. The summed E-state index contributed by atoms with van der Waals surface area (Å²) >= 11 is 3.13. The third-order valence-corrected chi connectivity index (χ3v) is 6.46. The molecule has 3 nitrogen and oxygen atoms in total. The number of hydrogen-bond acceptors (Lipinski definition) is 4. The van der Waals surface area contributed by atoms with E-state index in [2.05, 4.69) is 31.2 Å². The highest BCUT2D eigenvalue weighted by Gasteiger charge is 2.23. The van der Waals surface area contributed by atoms with Gasteiger partial charge in [0.25, 0.3) is 5.56 Å². The molecule has 0 N–H and O–H groups in total. The molecule has 0 saturated carbocycles. The molecule has 2 heterocycles. The van der Waals surface area contributed by atoms with Crippen molar-refractivity contribution in [2.45, 2.75) is 24.5 Å². The summed E-state index contributed by atoms with van der Waals surface area (Å²) in [5.74, 6) is 0. The van der Waals surface area contributed by atoms with Crippen LogP contribution in [0.3, 0.4) is 0 Å². The molecule has 0 aliphatic heterocycles. The zero-order valence-corrected chi connectivity index (χ0v) is 16.9. The standard InChI is InChI=1S/C22H20N2OS2/c1-3-17-14-18-20(27-17)23-22(26-2)24(21(18)25)19(15-10-6-4-7-11-15)16-12-8-5-9-13-16/h4-14,19H,3H2,1-2H3. The van der Waals surface area contributed by atoms with Crippen molar-refractivity contribution >= 4 is 33.3 Å². The highest BCUT2D eigenvalue weighted by atomic mass is 32.2. The smallest absolute Gasteiger partial charge is 0.263 e. The summed E-state index contributed by atoms with van der Waals surface area (Å²) < 4.78 is 1.85. The number of hydrogen-bond donors (Lipinski definition) is 0. The number of aryl methyl sites for hydroxylation is 1. The van der Waals surface area contributed by atoms with Crippen LogP contribution in [0.1, 0.15) is 29.0 Å². The van der Waals surface area contributed by atoms with Crippen LogP contribution in [0.4, 0.5) is 0 Å². The quantitative estimate of drug-likeness (QED) is 0.338. The van der Waals surface area contributed by atoms with Gasteiger partial charge in [-0.1, -0.05) is 79.3 Å². The average Bonchev–Trinajstić information content (AvgIpc) is 3.15. The molecular formula is C22H20N2OS2. The van der Waals surface area contributed by atoms with Crippen molar-refractivity contribution < 1.29 is 0 Å². The van der Waals surface area contributed by atoms with Gasteiger partial charge < -0.3 is 0 Å². The Hall–Kier alpha value is -2.37. The summed E-state index contributed by atoms with van der Waals surface area (Å²) in [6, 6.07) is 22.1. The van der Waals surface area contributed by atoms with E-state index >= 15 is 0 Å². The molecule has 0 aliphatic carbocycles. The minimum atomic E-state index is -0.204. The van der Waals surface area contributed by atoms with Crippen LogP contribution in [0, 0.1) is 0 Å². The molecule has 0 atom stereocenters. The first kappa shape index (κ1) is 18.0. The maximum atomic E-state index is 13.5. The minimum absolute atomic E-state index is 0.0259. The minimum Gasteiger partial charge on any atom is -0.275 e. The predicted molar refractivity (Wildman–Crippen MR) is 115 cm³/mol. The first-order valence-corrected chi connectivity index (χ1v) is 11.0. The number of benzene rings is 2. The fourth-order valence-corrected chi connectivity index (χ4v) is 4.92. The lowest BCUT2D eigenvalue weighted by molar-refractivity contribution is 0.578. The summed E-state index contributed by atoms with van der Waals surface area (Å²) in [7, 11) is 0. The maximum Gasteiger partial charge on any atom is 0.263 e. The maximum absolute atomic E-state index is 13.5. The van der Waals surface area contributed by atoms with Gasteiger partial charge in [-0.25, -0.2) is 4.98 Å². The van der Waals surface area contributed by atoms with Crippen molar-refractivity contribution in [3.63, 3.8) is 0 Å². The summed E-state index contributed by atoms with van der Waals surface area (Å²) in [5.41, 5.74) is 2.18. The number of fused-ring (bicyclic) bond motifs is 1. The normalized spacial score (nSPS) is 11.4. The van der Waals surface area contributed by atoms with Gasteiger partial charge in [-0.2, -0.15) is 0 Å². The third kappa shape index (κ3) is 3.33. The van der Waals surface area contributed by atoms with Gasteiger partial charge in [0.2, 0.25) is 0 Å². The molecule has 2 aromatic heterocycles. The van der Waals surface area contributed by atoms with Crippen LogP contribution in [0.5, 0.6) is 0 Å². The molecule has 0 saturated heterocycles. The van der Waals surface area contributed by atoms with Gasteiger partial charge >= 0.3 is 0 Å². The third-order valence-electron chi connectivity index (χ3n) is 4.64. The fraction of sp³-hybridized carbons (Fsp3) is 0.182. The molecule has 4 aromatic rings. The summed E-state index contributed by atoms with van der Waals surface area (Å²) in [6.07, 6.45) is 2.89. The van der Waals surface area contributed by atoms with E-state index in [1.54, 1.807) is 11.3 Å². The van der Waals surface area contributed by atoms with Gasteiger partial charge in [-0.15, -0.1) is 11.3 Å². The van der Waals surface area contributed by atoms with E-state index in [1.165, 1.54) is 16.6 Å². The second-order valence-electron chi connectivity index (χ2n) is 6.28. The van der Waals surface area contributed by atoms with Gasteiger partial charge in [0, 0.05) is 4.88 Å². The van der Waals surface area contributed by atoms with Crippen molar-refractivity contribution in [1.29, 1.82) is 0 Å². The zero-order valence-electron chi connectivity index (χ0n) is 15.3. The monoisotopic (exact) mass is 392 g/mol. The molecule has 0 amide bonds. The lowest BCUT2D eigenvalue weighted by Gasteiger charge is -2.23. The molecule has 5 heteroatoms. The number of thiophene rings is 1. The number of nitrogens with zero attached hydrogens (tertiary/aromatic N) is 2. The van der Waals surface area contributed by atoms with E-state index in [0.29, 0.717) is 5.39 Å². The van der Waals surface area contributed by atoms with Crippen LogP contribution < -0.4 is 5.56 Å². The molecule has 0 fully saturated rings. The van der Waals surface area contributed by atoms with E-state index in [-0.39, 0.29) is 11.6 Å². The van der Waals surface area contributed by atoms with Gasteiger partial charge in [-0.3, -0.25) is 9.36 Å². The van der Waals surface area contributed by atoms with Gasteiger partial charge in [0.1, 0.15) is 4.83 Å². The number of aromatic nitrogens is 2. The lowest BCUT2D eigenvalue weighted by Crippen LogP contribution is -2.28. The Morgan fingerprint density at radius 1 is 1.04 bits per heavy atom. The van der Waals surface area contributed by atoms with E-state index in [9.17, 15) is 4.79 Å². The summed E-state index contributed by atoms with van der Waals surface area (Å²) in [4.78, 5) is 20.4. The van der Waals surface area contributed by atoms with Crippen molar-refractivity contribution in [2.24, 2.45) is 0 Å². The molecule has 27 heavy (non-hydrogen) atoms. The van der Waals surface area contributed by atoms with Crippen LogP contribution in [0.2, 0.25) is 0 Å². The number of thioether (sulfide) groups is 1. The fourth-order valence-electron chi connectivity index (χ4n) is 3.33. The van der Waals surface area contributed by atoms with Crippen LogP contribution >= 0.6 is 23.1 Å². The Labute approximate surface area is 166 Å². The Morgan fingerprint density at radius 2 is 1.63 bits per heavy atom. The number of rotatable bonds is 5. The first-order valence-electron chi connectivity index (χ1n) is 8.91. The lowest BCUT2D eigenvalue weighted by atomic mass is 9.98. The predicted octanol–water partition coefficient (Wildman–Crippen LogP) is 5.38. The Morgan fingerprint density at radius 3 is 2.15 bits per heavy atom. The van der Waals surface area contributed by atoms with E-state index in [0.717, 1.165) is 27.5 Å². The van der Waals surface area contributed by atoms with Crippen molar-refractivity contribution in [1.82, 2.24) is 9.55 Å². The van der Waals surface area contributed by atoms with Crippen molar-refractivity contribution in [3.8, 4) is 0 Å². The van der Waals surface area contributed by atoms with Crippen molar-refractivity contribution in [3.05, 3.63) is 93.1 Å². The molecule has 2 aromatic carbocycles. The molecule has 0 radical (unpaired) electrons. The summed E-state index contributed by atoms with van der Waals surface area (Å²) in [6.45, 7) is 2.11. The van der Waals surface area contributed by atoms with E-state index in [1.807, 2.05) is 53.3 Å². The molecule has 4 rings (SSSR count). The van der Waals surface area contributed by atoms with Gasteiger partial charge in [0.15, 0.2) is 5.16 Å². The highest BCUT2D eigenvalue weighted by molar-refractivity contribution is 7.98.